The Morgan fingerprint density at radius 3 is 2.45 bits per heavy atom. The summed E-state index contributed by atoms with van der Waals surface area (Å²) in [5.41, 5.74) is 1.94. The minimum atomic E-state index is -4.07. The maximum Gasteiger partial charge on any atom is 0.329 e. The van der Waals surface area contributed by atoms with Gasteiger partial charge in [-0.3, -0.25) is 9.36 Å². The summed E-state index contributed by atoms with van der Waals surface area (Å²) in [6, 6.07) is -0.326. The van der Waals surface area contributed by atoms with E-state index >= 15 is 0 Å². The molecule has 0 amide bonds. The second-order valence-electron chi connectivity index (χ2n) is 5.64. The van der Waals surface area contributed by atoms with Crippen molar-refractivity contribution in [3.8, 4) is 0 Å². The van der Waals surface area contributed by atoms with E-state index in [0.29, 0.717) is 26.0 Å². The Bertz CT molecular complexity index is 457. The molecule has 0 radical (unpaired) electrons. The van der Waals surface area contributed by atoms with Crippen molar-refractivity contribution in [2.75, 3.05) is 19.3 Å². The van der Waals surface area contributed by atoms with E-state index in [1.54, 1.807) is 6.92 Å². The van der Waals surface area contributed by atoms with Crippen molar-refractivity contribution in [3.05, 3.63) is 11.1 Å². The second-order valence-corrected chi connectivity index (χ2v) is 7.28. The van der Waals surface area contributed by atoms with Crippen LogP contribution in [0.5, 0.6) is 0 Å². The highest BCUT2D eigenvalue weighted by atomic mass is 31.2. The lowest BCUT2D eigenvalue weighted by Crippen LogP contribution is -2.45. The van der Waals surface area contributed by atoms with E-state index in [1.165, 1.54) is 0 Å². The number of hydrogen-bond donors (Lipinski definition) is 3. The lowest BCUT2D eigenvalue weighted by molar-refractivity contribution is -0.146. The molecule has 1 rings (SSSR count). The average molecular weight is 333 g/mol. The SMILES string of the molecule is CCOC(=O)C1CC(C(CC)=C(CC)CP(=O)(O)O)CCN1. The van der Waals surface area contributed by atoms with E-state index < -0.39 is 7.60 Å². The minimum Gasteiger partial charge on any atom is -0.465 e. The molecule has 0 aromatic carbocycles. The number of carbonyl (C=O) groups is 1. The number of ether oxygens (including phenoxy) is 1. The molecule has 1 heterocycles. The Morgan fingerprint density at radius 2 is 1.95 bits per heavy atom. The van der Waals surface area contributed by atoms with E-state index in [1.807, 2.05) is 13.8 Å². The Labute approximate surface area is 132 Å². The number of carbonyl (C=O) groups excluding carboxylic acids is 1. The van der Waals surface area contributed by atoms with Gasteiger partial charge in [0.1, 0.15) is 6.04 Å². The topological polar surface area (TPSA) is 95.9 Å². The van der Waals surface area contributed by atoms with E-state index in [-0.39, 0.29) is 24.1 Å². The summed E-state index contributed by atoms with van der Waals surface area (Å²) in [5, 5.41) is 3.17. The third-order valence-electron chi connectivity index (χ3n) is 4.13. The van der Waals surface area contributed by atoms with Crippen LogP contribution in [0.25, 0.3) is 0 Å². The smallest absolute Gasteiger partial charge is 0.329 e. The molecule has 0 aromatic heterocycles. The summed E-state index contributed by atoms with van der Waals surface area (Å²) in [6.07, 6.45) is 2.71. The van der Waals surface area contributed by atoms with Gasteiger partial charge < -0.3 is 19.8 Å². The van der Waals surface area contributed by atoms with Crippen LogP contribution in [-0.2, 0) is 14.1 Å². The summed E-state index contributed by atoms with van der Waals surface area (Å²) < 4.78 is 16.4. The van der Waals surface area contributed by atoms with Gasteiger partial charge in [0.05, 0.1) is 12.8 Å². The number of nitrogens with one attached hydrogen (secondary N) is 1. The quantitative estimate of drug-likeness (QED) is 0.375. The molecule has 0 aliphatic carbocycles. The van der Waals surface area contributed by atoms with E-state index in [0.717, 1.165) is 24.0 Å². The Kier molecular flexibility index (Phi) is 7.77. The van der Waals surface area contributed by atoms with Crippen LogP contribution in [0.3, 0.4) is 0 Å². The summed E-state index contributed by atoms with van der Waals surface area (Å²) in [4.78, 5) is 30.4. The number of rotatable bonds is 7. The second kappa shape index (κ2) is 8.82. The lowest BCUT2D eigenvalue weighted by Gasteiger charge is -2.32. The van der Waals surface area contributed by atoms with Crippen molar-refractivity contribution < 1.29 is 23.9 Å². The van der Waals surface area contributed by atoms with Crippen LogP contribution in [0, 0.1) is 5.92 Å². The molecule has 3 N–H and O–H groups in total. The van der Waals surface area contributed by atoms with Crippen LogP contribution < -0.4 is 5.32 Å². The van der Waals surface area contributed by atoms with Crippen LogP contribution in [0.2, 0.25) is 0 Å². The van der Waals surface area contributed by atoms with Crippen LogP contribution in [0.15, 0.2) is 11.1 Å². The van der Waals surface area contributed by atoms with Crippen LogP contribution >= 0.6 is 7.60 Å². The van der Waals surface area contributed by atoms with Gasteiger partial charge in [0, 0.05) is 0 Å². The summed E-state index contributed by atoms with van der Waals surface area (Å²) in [6.45, 7) is 6.78. The largest absolute Gasteiger partial charge is 0.465 e. The number of hydrogen-bond acceptors (Lipinski definition) is 4. The van der Waals surface area contributed by atoms with Gasteiger partial charge in [-0.05, 0) is 45.1 Å². The van der Waals surface area contributed by atoms with Crippen molar-refractivity contribution in [1.29, 1.82) is 0 Å². The summed E-state index contributed by atoms with van der Waals surface area (Å²) in [5.74, 6) is -0.0576. The van der Waals surface area contributed by atoms with Crippen molar-refractivity contribution in [1.82, 2.24) is 5.32 Å². The van der Waals surface area contributed by atoms with Gasteiger partial charge in [-0.25, -0.2) is 0 Å². The molecule has 7 heteroatoms. The first-order valence-corrected chi connectivity index (χ1v) is 9.77. The van der Waals surface area contributed by atoms with E-state index in [9.17, 15) is 19.1 Å². The van der Waals surface area contributed by atoms with Crippen molar-refractivity contribution in [2.45, 2.75) is 52.5 Å². The minimum absolute atomic E-state index is 0.180. The zero-order valence-electron chi connectivity index (χ0n) is 13.7. The molecule has 0 saturated carbocycles. The highest BCUT2D eigenvalue weighted by molar-refractivity contribution is 7.52. The fourth-order valence-electron chi connectivity index (χ4n) is 3.17. The van der Waals surface area contributed by atoms with Gasteiger partial charge in [0.25, 0.3) is 0 Å². The number of allylic oxidation sites excluding steroid dienone is 2. The summed E-state index contributed by atoms with van der Waals surface area (Å²) >= 11 is 0. The molecule has 0 aromatic rings. The molecule has 128 valence electrons. The molecule has 22 heavy (non-hydrogen) atoms. The van der Waals surface area contributed by atoms with Crippen LogP contribution in [0.4, 0.5) is 0 Å². The van der Waals surface area contributed by atoms with Gasteiger partial charge in [-0.2, -0.15) is 0 Å². The first kappa shape index (κ1) is 19.4. The Hall–Kier alpha value is -0.680. The molecule has 2 unspecified atom stereocenters. The molecule has 1 aliphatic rings. The molecule has 1 saturated heterocycles. The van der Waals surface area contributed by atoms with Gasteiger partial charge in [0.2, 0.25) is 0 Å². The first-order chi connectivity index (χ1) is 10.3. The maximum atomic E-state index is 11.9. The lowest BCUT2D eigenvalue weighted by atomic mass is 9.82. The van der Waals surface area contributed by atoms with Gasteiger partial charge in [0.15, 0.2) is 0 Å². The third kappa shape index (κ3) is 5.84. The molecule has 6 nitrogen and oxygen atoms in total. The Morgan fingerprint density at radius 1 is 1.27 bits per heavy atom. The number of piperidine rings is 1. The fraction of sp³-hybridized carbons (Fsp3) is 0.800. The molecule has 0 bridgehead atoms. The molecule has 0 spiro atoms. The predicted molar refractivity (Wildman–Crippen MR) is 85.7 cm³/mol. The van der Waals surface area contributed by atoms with E-state index in [4.69, 9.17) is 4.74 Å². The summed E-state index contributed by atoms with van der Waals surface area (Å²) in [7, 11) is -4.07. The molecular weight excluding hydrogens is 305 g/mol. The maximum absolute atomic E-state index is 11.9. The zero-order chi connectivity index (χ0) is 16.8. The van der Waals surface area contributed by atoms with Crippen molar-refractivity contribution in [2.24, 2.45) is 5.92 Å². The van der Waals surface area contributed by atoms with Crippen molar-refractivity contribution in [3.63, 3.8) is 0 Å². The Balaban J connectivity index is 2.92. The fourth-order valence-corrected chi connectivity index (χ4v) is 4.10. The standard InChI is InChI=1S/C15H28NO5P/c1-4-11(10-22(18,19)20)13(5-2)12-7-8-16-14(9-12)15(17)21-6-3/h12,14,16H,4-10H2,1-3H3,(H2,18,19,20). The molecule has 1 aliphatic heterocycles. The average Bonchev–Trinajstić information content (AvgIpc) is 2.46. The van der Waals surface area contributed by atoms with Crippen molar-refractivity contribution >= 4 is 13.6 Å². The first-order valence-electron chi connectivity index (χ1n) is 7.97. The third-order valence-corrected chi connectivity index (χ3v) is 4.92. The van der Waals surface area contributed by atoms with Gasteiger partial charge >= 0.3 is 13.6 Å². The predicted octanol–water partition coefficient (Wildman–Crippen LogP) is 2.21. The van der Waals surface area contributed by atoms with E-state index in [2.05, 4.69) is 5.32 Å². The normalized spacial score (nSPS) is 23.9. The van der Waals surface area contributed by atoms with Gasteiger partial charge in [-0.1, -0.05) is 25.0 Å². The van der Waals surface area contributed by atoms with Crippen LogP contribution in [-0.4, -0.2) is 41.1 Å². The highest BCUT2D eigenvalue weighted by Gasteiger charge is 2.31. The monoisotopic (exact) mass is 333 g/mol. The number of esters is 1. The molecule has 2 atom stereocenters. The van der Waals surface area contributed by atoms with Gasteiger partial charge in [-0.15, -0.1) is 0 Å². The zero-order valence-corrected chi connectivity index (χ0v) is 14.6. The molecule has 1 fully saturated rings. The van der Waals surface area contributed by atoms with Crippen LogP contribution in [0.1, 0.15) is 46.5 Å². The highest BCUT2D eigenvalue weighted by Crippen LogP contribution is 2.41. The molecular formula is C15H28NO5P.